The molecule has 246 valence electrons. The summed E-state index contributed by atoms with van der Waals surface area (Å²) in [6.45, 7) is 9.33. The van der Waals surface area contributed by atoms with Gasteiger partial charge in [0.25, 0.3) is 8.32 Å². The Morgan fingerprint density at radius 2 is 1.02 bits per heavy atom. The van der Waals surface area contributed by atoms with E-state index in [9.17, 15) is 0 Å². The summed E-state index contributed by atoms with van der Waals surface area (Å²) in [5.41, 5.74) is 2.14. The third-order valence-electron chi connectivity index (χ3n) is 9.62. The van der Waals surface area contributed by atoms with Gasteiger partial charge in [-0.3, -0.25) is 4.98 Å². The maximum absolute atomic E-state index is 7.97. The lowest BCUT2D eigenvalue weighted by atomic mass is 10.1. The molecule has 0 fully saturated rings. The molecular formula is C45H47NOPSi+. The zero-order chi connectivity index (χ0) is 34.2. The van der Waals surface area contributed by atoms with E-state index in [0.717, 1.165) is 18.3 Å². The number of aromatic nitrogens is 1. The fourth-order valence-corrected chi connectivity index (χ4v) is 16.3. The molecule has 2 nitrogen and oxygen atoms in total. The number of hydrogen-bond donors (Lipinski definition) is 0. The maximum Gasteiger partial charge on any atom is 0.261 e. The van der Waals surface area contributed by atoms with E-state index in [1.165, 1.54) is 31.9 Å². The van der Waals surface area contributed by atoms with Gasteiger partial charge in [0.2, 0.25) is 0 Å². The average molecular weight is 677 g/mol. The smallest absolute Gasteiger partial charge is 0.261 e. The van der Waals surface area contributed by atoms with Gasteiger partial charge in [0.15, 0.2) is 0 Å². The number of rotatable bonds is 12. The molecule has 0 spiro atoms. The summed E-state index contributed by atoms with van der Waals surface area (Å²) in [7, 11) is -4.96. The maximum atomic E-state index is 7.97. The van der Waals surface area contributed by atoms with Crippen LogP contribution in [0.1, 0.15) is 39.8 Å². The van der Waals surface area contributed by atoms with Crippen molar-refractivity contribution in [2.75, 3.05) is 6.16 Å². The highest BCUT2D eigenvalue weighted by Crippen LogP contribution is 2.56. The molecule has 0 saturated carbocycles. The van der Waals surface area contributed by atoms with Gasteiger partial charge in [-0.2, -0.15) is 0 Å². The summed E-state index contributed by atoms with van der Waals surface area (Å²) in [6, 6.07) is 61.7. The van der Waals surface area contributed by atoms with Crippen molar-refractivity contribution in [3.63, 3.8) is 0 Å². The van der Waals surface area contributed by atoms with E-state index < -0.39 is 15.6 Å². The molecule has 0 aliphatic heterocycles. The Kier molecular flexibility index (Phi) is 10.9. The monoisotopic (exact) mass is 676 g/mol. The first kappa shape index (κ1) is 34.5. The quantitative estimate of drug-likeness (QED) is 0.0955. The molecule has 0 aliphatic carbocycles. The number of hydrogen-bond acceptors (Lipinski definition) is 2. The van der Waals surface area contributed by atoms with E-state index >= 15 is 0 Å². The van der Waals surface area contributed by atoms with Gasteiger partial charge < -0.3 is 4.43 Å². The van der Waals surface area contributed by atoms with E-state index in [1.807, 2.05) is 12.3 Å². The fourth-order valence-electron chi connectivity index (χ4n) is 7.26. The van der Waals surface area contributed by atoms with Crippen LogP contribution >= 0.6 is 7.26 Å². The van der Waals surface area contributed by atoms with Crippen LogP contribution in [-0.4, -0.2) is 25.6 Å². The lowest BCUT2D eigenvalue weighted by Crippen LogP contribution is -2.67. The molecule has 4 heteroatoms. The van der Waals surface area contributed by atoms with Crippen molar-refractivity contribution in [2.45, 2.75) is 45.3 Å². The van der Waals surface area contributed by atoms with Crippen molar-refractivity contribution in [3.8, 4) is 0 Å². The lowest BCUT2D eigenvalue weighted by molar-refractivity contribution is 0.219. The Bertz CT molecular complexity index is 1770. The van der Waals surface area contributed by atoms with Crippen molar-refractivity contribution in [2.24, 2.45) is 0 Å². The molecule has 0 amide bonds. The van der Waals surface area contributed by atoms with Crippen LogP contribution in [0, 0.1) is 0 Å². The summed E-state index contributed by atoms with van der Waals surface area (Å²) >= 11 is 0. The Labute approximate surface area is 295 Å². The Morgan fingerprint density at radius 3 is 1.41 bits per heavy atom. The first-order chi connectivity index (χ1) is 23.8. The summed E-state index contributed by atoms with van der Waals surface area (Å²) in [6.07, 6.45) is 5.76. The minimum Gasteiger partial charge on any atom is -0.401 e. The van der Waals surface area contributed by atoms with Gasteiger partial charge in [-0.1, -0.05) is 142 Å². The molecule has 1 aromatic heterocycles. The molecule has 0 radical (unpaired) electrons. The van der Waals surface area contributed by atoms with Crippen LogP contribution in [0.15, 0.2) is 182 Å². The molecule has 49 heavy (non-hydrogen) atoms. The number of nitrogens with zero attached hydrogens (tertiary/aromatic N) is 1. The fraction of sp³-hybridized carbons (Fsp3) is 0.178. The third kappa shape index (κ3) is 7.31. The molecule has 1 unspecified atom stereocenters. The van der Waals surface area contributed by atoms with E-state index in [0.29, 0.717) is 0 Å². The predicted octanol–water partition coefficient (Wildman–Crippen LogP) is 8.81. The van der Waals surface area contributed by atoms with Gasteiger partial charge in [-0.05, 0) is 82.5 Å². The second kappa shape index (κ2) is 15.4. The molecule has 0 bridgehead atoms. The van der Waals surface area contributed by atoms with Gasteiger partial charge in [0, 0.05) is 12.6 Å². The van der Waals surface area contributed by atoms with E-state index in [1.54, 1.807) is 0 Å². The summed E-state index contributed by atoms with van der Waals surface area (Å²) in [5.74, 6) is 0. The van der Waals surface area contributed by atoms with Crippen LogP contribution in [-0.2, 0) is 4.43 Å². The van der Waals surface area contributed by atoms with Gasteiger partial charge >= 0.3 is 0 Å². The zero-order valence-corrected chi connectivity index (χ0v) is 31.0. The first-order valence-electron chi connectivity index (χ1n) is 17.3. The van der Waals surface area contributed by atoms with Crippen molar-refractivity contribution in [3.05, 3.63) is 187 Å². The SMILES string of the molecule is C/C(=C\c1ccccn1)C(CC[P+](c1ccccc1)(c1ccccc1)c1ccccc1)O[Si](c1ccccc1)(c1ccccc1)C(C)(C)C. The summed E-state index contributed by atoms with van der Waals surface area (Å²) < 4.78 is 7.97. The molecule has 1 atom stereocenters. The molecule has 0 N–H and O–H groups in total. The largest absolute Gasteiger partial charge is 0.401 e. The van der Waals surface area contributed by atoms with Crippen LogP contribution in [0.2, 0.25) is 5.04 Å². The van der Waals surface area contributed by atoms with Gasteiger partial charge in [0.1, 0.15) is 23.2 Å². The molecule has 0 saturated heterocycles. The predicted molar refractivity (Wildman–Crippen MR) is 215 cm³/mol. The van der Waals surface area contributed by atoms with Crippen molar-refractivity contribution < 1.29 is 4.43 Å². The lowest BCUT2D eigenvalue weighted by Gasteiger charge is -2.45. The van der Waals surface area contributed by atoms with Crippen LogP contribution in [0.25, 0.3) is 6.08 Å². The highest BCUT2D eigenvalue weighted by Gasteiger charge is 2.52. The second-order valence-electron chi connectivity index (χ2n) is 13.7. The van der Waals surface area contributed by atoms with Crippen LogP contribution in [0.5, 0.6) is 0 Å². The van der Waals surface area contributed by atoms with Gasteiger partial charge in [0.05, 0.1) is 18.0 Å². The topological polar surface area (TPSA) is 22.1 Å². The minimum atomic E-state index is -2.88. The van der Waals surface area contributed by atoms with Crippen molar-refractivity contribution in [1.82, 2.24) is 4.98 Å². The van der Waals surface area contributed by atoms with Crippen LogP contribution in [0.3, 0.4) is 0 Å². The zero-order valence-electron chi connectivity index (χ0n) is 29.1. The standard InChI is InChI=1S/C45H47NOPSi/c1-37(36-38-22-20-21-34-46-38)44(47-49(45(2,3)4,42-29-16-8-17-30-42)43-31-18-9-19-32-43)33-35-48(39-23-10-5-11-24-39,40-25-12-6-13-26-40)41-27-14-7-15-28-41/h5-32,34,36,44H,33,35H2,1-4H3/q+1/b37-36+. The van der Waals surface area contributed by atoms with Crippen molar-refractivity contribution in [1.29, 1.82) is 0 Å². The number of benzene rings is 5. The summed E-state index contributed by atoms with van der Waals surface area (Å²) in [4.78, 5) is 4.70. The highest BCUT2D eigenvalue weighted by molar-refractivity contribution is 7.95. The molecule has 0 aliphatic rings. The normalized spacial score (nSPS) is 13.2. The molecule has 6 rings (SSSR count). The van der Waals surface area contributed by atoms with Crippen LogP contribution in [0.4, 0.5) is 0 Å². The van der Waals surface area contributed by atoms with Crippen LogP contribution < -0.4 is 26.3 Å². The van der Waals surface area contributed by atoms with E-state index in [2.05, 4.69) is 198 Å². The van der Waals surface area contributed by atoms with E-state index in [-0.39, 0.29) is 11.1 Å². The van der Waals surface area contributed by atoms with E-state index in [4.69, 9.17) is 9.41 Å². The molecule has 1 heterocycles. The molecule has 5 aromatic carbocycles. The molecular weight excluding hydrogens is 630 g/mol. The minimum absolute atomic E-state index is 0.149. The third-order valence-corrected chi connectivity index (χ3v) is 19.1. The average Bonchev–Trinajstić information content (AvgIpc) is 3.15. The highest BCUT2D eigenvalue weighted by atomic mass is 31.2. The first-order valence-corrected chi connectivity index (χ1v) is 21.2. The Hall–Kier alpha value is -4.40. The summed E-state index contributed by atoms with van der Waals surface area (Å²) in [5, 5.41) is 6.61. The Balaban J connectivity index is 1.55. The van der Waals surface area contributed by atoms with Gasteiger partial charge in [-0.15, -0.1) is 0 Å². The second-order valence-corrected chi connectivity index (χ2v) is 21.6. The number of pyridine rings is 1. The van der Waals surface area contributed by atoms with Crippen molar-refractivity contribution >= 4 is 47.9 Å². The molecule has 6 aromatic rings. The Morgan fingerprint density at radius 1 is 0.612 bits per heavy atom. The van der Waals surface area contributed by atoms with Gasteiger partial charge in [-0.25, -0.2) is 0 Å².